The second kappa shape index (κ2) is 39.9. The third-order valence-electron chi connectivity index (χ3n) is 10.4. The lowest BCUT2D eigenvalue weighted by Gasteiger charge is -2.41. The number of aliphatic hydroxyl groups excluding tert-OH is 5. The van der Waals surface area contributed by atoms with Gasteiger partial charge in [0.25, 0.3) is 0 Å². The van der Waals surface area contributed by atoms with E-state index in [2.05, 4.69) is 92.8 Å². The number of carbonyl (C=O) groups excluding carboxylic acids is 2. The molecule has 65 heavy (non-hydrogen) atoms. The van der Waals surface area contributed by atoms with Crippen LogP contribution >= 0.6 is 7.82 Å². The maximum Gasteiger partial charge on any atom is 0.472 e. The predicted molar refractivity (Wildman–Crippen MR) is 258 cm³/mol. The first-order valence-corrected chi connectivity index (χ1v) is 25.5. The van der Waals surface area contributed by atoms with Crippen molar-refractivity contribution in [1.82, 2.24) is 0 Å². The smallest absolute Gasteiger partial charge is 0.462 e. The molecule has 6 N–H and O–H groups in total. The average Bonchev–Trinajstić information content (AvgIpc) is 3.29. The van der Waals surface area contributed by atoms with E-state index < -0.39 is 75.7 Å². The number of ether oxygens (including phenoxy) is 2. The van der Waals surface area contributed by atoms with Crippen molar-refractivity contribution in [1.29, 1.82) is 0 Å². The molecule has 0 amide bonds. The van der Waals surface area contributed by atoms with Crippen LogP contribution < -0.4 is 0 Å². The van der Waals surface area contributed by atoms with Crippen molar-refractivity contribution < 1.29 is 63.1 Å². The molecule has 1 saturated carbocycles. The molecule has 1 aliphatic rings. The van der Waals surface area contributed by atoms with E-state index in [1.165, 1.54) is 38.5 Å². The normalized spacial score (nSPS) is 22.3. The van der Waals surface area contributed by atoms with Crippen LogP contribution in [0.1, 0.15) is 155 Å². The van der Waals surface area contributed by atoms with Gasteiger partial charge in [0, 0.05) is 12.8 Å². The molecule has 0 aliphatic heterocycles. The van der Waals surface area contributed by atoms with Crippen LogP contribution in [-0.2, 0) is 32.7 Å². The number of phosphoric ester groups is 1. The Hall–Kier alpha value is -3.23. The highest BCUT2D eigenvalue weighted by Gasteiger charge is 2.51. The Kier molecular flexibility index (Phi) is 36.7. The van der Waals surface area contributed by atoms with Gasteiger partial charge in [-0.1, -0.05) is 150 Å². The molecule has 13 nitrogen and oxygen atoms in total. The summed E-state index contributed by atoms with van der Waals surface area (Å²) >= 11 is 0. The van der Waals surface area contributed by atoms with E-state index in [1.54, 1.807) is 0 Å². The molecule has 0 bridgehead atoms. The molecule has 1 rings (SSSR count). The topological polar surface area (TPSA) is 210 Å². The summed E-state index contributed by atoms with van der Waals surface area (Å²) in [6, 6.07) is 0. The lowest BCUT2D eigenvalue weighted by Crippen LogP contribution is -2.64. The summed E-state index contributed by atoms with van der Waals surface area (Å²) in [6.45, 7) is 3.15. The zero-order valence-corrected chi connectivity index (χ0v) is 40.1. The number of hydrogen-bond donors (Lipinski definition) is 6. The van der Waals surface area contributed by atoms with Gasteiger partial charge in [0.2, 0.25) is 0 Å². The Bertz CT molecular complexity index is 1500. The molecule has 8 atom stereocenters. The number of phosphoric acid groups is 1. The van der Waals surface area contributed by atoms with Crippen molar-refractivity contribution in [3.63, 3.8) is 0 Å². The Balaban J connectivity index is 2.53. The molecule has 0 radical (unpaired) electrons. The lowest BCUT2D eigenvalue weighted by molar-refractivity contribution is -0.220. The average molecular weight is 935 g/mol. The number of carbonyl (C=O) groups is 2. The van der Waals surface area contributed by atoms with E-state index in [1.807, 2.05) is 18.2 Å². The second-order valence-corrected chi connectivity index (χ2v) is 17.7. The van der Waals surface area contributed by atoms with E-state index >= 15 is 0 Å². The van der Waals surface area contributed by atoms with Gasteiger partial charge in [0.05, 0.1) is 6.61 Å². The standard InChI is InChI=1S/C51H83O13P/c1-3-5-7-9-11-13-15-17-19-21-22-24-25-27-29-31-33-35-37-39-44(52)61-41-43(42-62-65(59,60)64-51-49(57)47(55)46(54)48(56)50(51)58)63-45(53)40-38-36-34-32-30-28-26-23-20-18-16-14-12-10-8-6-4-2/h11-14,17-20,22,24,26-29,33,35,43,46-51,54-58H,3-10,15-16,21,23,25,30-32,34,36-42H2,1-2H3,(H,59,60)/b13-11+,14-12+,19-17+,20-18+,24-22+,28-26+,29-27+,35-33+/t43-,46?,47-,48?,49?,50?,51?/m0/s1. The van der Waals surface area contributed by atoms with Crippen molar-refractivity contribution in [3.05, 3.63) is 97.2 Å². The first-order valence-electron chi connectivity index (χ1n) is 24.0. The van der Waals surface area contributed by atoms with Gasteiger partial charge >= 0.3 is 19.8 Å². The maximum atomic E-state index is 12.8. The largest absolute Gasteiger partial charge is 0.472 e. The van der Waals surface area contributed by atoms with E-state index in [9.17, 15) is 44.6 Å². The minimum Gasteiger partial charge on any atom is -0.462 e. The summed E-state index contributed by atoms with van der Waals surface area (Å²) in [5.74, 6) is -1.23. The van der Waals surface area contributed by atoms with Gasteiger partial charge in [-0.3, -0.25) is 18.6 Å². The third-order valence-corrected chi connectivity index (χ3v) is 11.4. The first-order chi connectivity index (χ1) is 31.4. The monoisotopic (exact) mass is 935 g/mol. The van der Waals surface area contributed by atoms with Crippen molar-refractivity contribution in [2.75, 3.05) is 13.2 Å². The van der Waals surface area contributed by atoms with Crippen molar-refractivity contribution in [3.8, 4) is 0 Å². The number of rotatable bonds is 38. The highest BCUT2D eigenvalue weighted by Crippen LogP contribution is 2.47. The number of unbranched alkanes of at least 4 members (excludes halogenated alkanes) is 10. The molecule has 370 valence electrons. The molecular formula is C51H83O13P. The first kappa shape index (κ1) is 59.8. The van der Waals surface area contributed by atoms with Crippen LogP contribution in [0.5, 0.6) is 0 Å². The quantitative estimate of drug-likeness (QED) is 0.0148. The van der Waals surface area contributed by atoms with Gasteiger partial charge < -0.3 is 39.9 Å². The number of aliphatic hydroxyl groups is 5. The summed E-state index contributed by atoms with van der Waals surface area (Å²) in [4.78, 5) is 35.7. The molecule has 6 unspecified atom stereocenters. The molecule has 0 saturated heterocycles. The number of allylic oxidation sites excluding steroid dienone is 16. The number of hydrogen-bond acceptors (Lipinski definition) is 12. The summed E-state index contributed by atoms with van der Waals surface area (Å²) in [6.07, 6.45) is 40.4. The summed E-state index contributed by atoms with van der Waals surface area (Å²) in [5, 5.41) is 50.2. The van der Waals surface area contributed by atoms with Crippen LogP contribution in [0.3, 0.4) is 0 Å². The van der Waals surface area contributed by atoms with Crippen LogP contribution in [0.2, 0.25) is 0 Å². The summed E-state index contributed by atoms with van der Waals surface area (Å²) < 4.78 is 33.5. The maximum absolute atomic E-state index is 12.8. The minimum atomic E-state index is -5.15. The van der Waals surface area contributed by atoms with Crippen LogP contribution in [0, 0.1) is 0 Å². The van der Waals surface area contributed by atoms with Crippen LogP contribution in [0.25, 0.3) is 0 Å². The molecule has 0 aromatic rings. The minimum absolute atomic E-state index is 0.0327. The molecule has 14 heteroatoms. The van der Waals surface area contributed by atoms with Crippen molar-refractivity contribution in [2.45, 2.75) is 198 Å². The molecule has 0 heterocycles. The highest BCUT2D eigenvalue weighted by molar-refractivity contribution is 7.47. The van der Waals surface area contributed by atoms with Crippen LogP contribution in [0.15, 0.2) is 97.2 Å². The molecule has 0 aromatic heterocycles. The van der Waals surface area contributed by atoms with Gasteiger partial charge in [0.1, 0.15) is 43.2 Å². The van der Waals surface area contributed by atoms with Crippen molar-refractivity contribution in [2.24, 2.45) is 0 Å². The fourth-order valence-electron chi connectivity index (χ4n) is 6.51. The number of esters is 2. The Morgan fingerprint density at radius 2 is 0.862 bits per heavy atom. The van der Waals surface area contributed by atoms with E-state index in [4.69, 9.17) is 18.5 Å². The highest BCUT2D eigenvalue weighted by atomic mass is 31.2. The van der Waals surface area contributed by atoms with Crippen molar-refractivity contribution >= 4 is 19.8 Å². The van der Waals surface area contributed by atoms with Crippen LogP contribution in [0.4, 0.5) is 0 Å². The second-order valence-electron chi connectivity index (χ2n) is 16.3. The fraction of sp³-hybridized carbons (Fsp3) is 0.647. The van der Waals surface area contributed by atoms with Gasteiger partial charge in [0.15, 0.2) is 6.10 Å². The molecular weight excluding hydrogens is 852 g/mol. The van der Waals surface area contributed by atoms with Gasteiger partial charge in [-0.15, -0.1) is 0 Å². The zero-order chi connectivity index (χ0) is 47.8. The molecule has 0 aromatic carbocycles. The van der Waals surface area contributed by atoms with Gasteiger partial charge in [-0.05, 0) is 89.9 Å². The Morgan fingerprint density at radius 3 is 1.31 bits per heavy atom. The molecule has 1 aliphatic carbocycles. The van der Waals surface area contributed by atoms with Crippen LogP contribution in [-0.4, -0.2) is 98.3 Å². The van der Waals surface area contributed by atoms with E-state index in [0.717, 1.165) is 70.6 Å². The fourth-order valence-corrected chi connectivity index (χ4v) is 7.48. The van der Waals surface area contributed by atoms with Gasteiger partial charge in [-0.25, -0.2) is 4.57 Å². The van der Waals surface area contributed by atoms with E-state index in [0.29, 0.717) is 19.3 Å². The SMILES string of the molecule is CCCCC/C=C/C/C=C/C/C=C/C/C=C/C/C=C/CCC(=O)OC[C@@H](COP(=O)(O)OC1C(O)C(O)C(O)[C@H](O)C1O)OC(=O)CCCCCC/C=C/C/C=C/C/C=C/CCCCC. The predicted octanol–water partition coefficient (Wildman–Crippen LogP) is 9.83. The van der Waals surface area contributed by atoms with Gasteiger partial charge in [-0.2, -0.15) is 0 Å². The Morgan fingerprint density at radius 1 is 0.477 bits per heavy atom. The lowest BCUT2D eigenvalue weighted by atomic mass is 9.85. The summed E-state index contributed by atoms with van der Waals surface area (Å²) in [7, 11) is -5.15. The molecule has 0 spiro atoms. The van der Waals surface area contributed by atoms with E-state index in [-0.39, 0.29) is 12.8 Å². The zero-order valence-electron chi connectivity index (χ0n) is 39.2. The Labute approximate surface area is 390 Å². The third kappa shape index (κ3) is 32.2. The molecule has 1 fully saturated rings. The summed E-state index contributed by atoms with van der Waals surface area (Å²) in [5.41, 5.74) is 0.